The molecule has 2 N–H and O–H groups in total. The van der Waals surface area contributed by atoms with E-state index >= 15 is 0 Å². The molecule has 0 radical (unpaired) electrons. The second-order valence-corrected chi connectivity index (χ2v) is 8.79. The normalized spacial score (nSPS) is 12.6. The minimum atomic E-state index is -3.48. The number of carbonyl (C=O) groups is 2. The molecule has 2 aromatic carbocycles. The van der Waals surface area contributed by atoms with Gasteiger partial charge in [-0.05, 0) is 42.7 Å². The third kappa shape index (κ3) is 5.40. The number of rotatable bonds is 7. The Labute approximate surface area is 159 Å². The molecule has 1 unspecified atom stereocenters. The summed E-state index contributed by atoms with van der Waals surface area (Å²) in [6.07, 6.45) is 0. The smallest absolute Gasteiger partial charge is 0.326 e. The van der Waals surface area contributed by atoms with Crippen molar-refractivity contribution in [2.24, 2.45) is 5.92 Å². The van der Waals surface area contributed by atoms with Crippen molar-refractivity contribution in [2.45, 2.75) is 37.5 Å². The average Bonchev–Trinajstić information content (AvgIpc) is 2.59. The molecule has 0 aliphatic carbocycles. The minimum Gasteiger partial charge on any atom is -0.480 e. The van der Waals surface area contributed by atoms with Crippen molar-refractivity contribution < 1.29 is 23.1 Å². The summed E-state index contributed by atoms with van der Waals surface area (Å²) < 4.78 is 25.0. The van der Waals surface area contributed by atoms with Gasteiger partial charge in [0.25, 0.3) is 5.91 Å². The first kappa shape index (κ1) is 20.6. The van der Waals surface area contributed by atoms with Crippen molar-refractivity contribution in [3.63, 3.8) is 0 Å². The first-order valence-electron chi connectivity index (χ1n) is 8.52. The molecule has 6 nitrogen and oxygen atoms in total. The van der Waals surface area contributed by atoms with Crippen LogP contribution < -0.4 is 5.32 Å². The molecule has 0 bridgehead atoms. The molecule has 0 saturated carbocycles. The fourth-order valence-electron chi connectivity index (χ4n) is 2.54. The van der Waals surface area contributed by atoms with E-state index in [0.29, 0.717) is 5.56 Å². The quantitative estimate of drug-likeness (QED) is 0.758. The van der Waals surface area contributed by atoms with Gasteiger partial charge in [-0.15, -0.1) is 0 Å². The van der Waals surface area contributed by atoms with Crippen LogP contribution in [-0.2, 0) is 20.4 Å². The number of aryl methyl sites for hydroxylation is 1. The molecule has 144 valence electrons. The highest BCUT2D eigenvalue weighted by Crippen LogP contribution is 2.17. The molecule has 7 heteroatoms. The Hall–Kier alpha value is -2.67. The molecule has 0 fully saturated rings. The maximum Gasteiger partial charge on any atom is 0.326 e. The molecule has 2 aromatic rings. The van der Waals surface area contributed by atoms with Gasteiger partial charge in [0.05, 0.1) is 10.6 Å². The Bertz CT molecular complexity index is 916. The monoisotopic (exact) mass is 389 g/mol. The maximum absolute atomic E-state index is 12.5. The fourth-order valence-corrected chi connectivity index (χ4v) is 3.89. The molecule has 0 aliphatic heterocycles. The summed E-state index contributed by atoms with van der Waals surface area (Å²) in [5.41, 5.74) is 1.80. The molecule has 0 heterocycles. The summed E-state index contributed by atoms with van der Waals surface area (Å²) in [5, 5.41) is 11.6. The number of hydrogen-bond acceptors (Lipinski definition) is 4. The van der Waals surface area contributed by atoms with E-state index in [1.54, 1.807) is 50.2 Å². The summed E-state index contributed by atoms with van der Waals surface area (Å²) in [7, 11) is -3.48. The van der Waals surface area contributed by atoms with Crippen LogP contribution in [0.1, 0.15) is 35.3 Å². The number of carbonyl (C=O) groups excluding carboxylic acids is 1. The van der Waals surface area contributed by atoms with Gasteiger partial charge in [0.15, 0.2) is 9.84 Å². The lowest BCUT2D eigenvalue weighted by atomic mass is 10.0. The van der Waals surface area contributed by atoms with Crippen LogP contribution in [0.25, 0.3) is 0 Å². The van der Waals surface area contributed by atoms with E-state index in [4.69, 9.17) is 5.11 Å². The van der Waals surface area contributed by atoms with Gasteiger partial charge < -0.3 is 10.4 Å². The van der Waals surface area contributed by atoms with Gasteiger partial charge in [-0.25, -0.2) is 13.2 Å². The molecule has 1 atom stereocenters. The lowest BCUT2D eigenvalue weighted by Crippen LogP contribution is -2.44. The number of nitrogens with one attached hydrogen (secondary N) is 1. The highest BCUT2D eigenvalue weighted by molar-refractivity contribution is 7.90. The molecular formula is C20H23NO5S. The van der Waals surface area contributed by atoms with Crippen molar-refractivity contribution in [2.75, 3.05) is 0 Å². The summed E-state index contributed by atoms with van der Waals surface area (Å²) in [6, 6.07) is 11.8. The van der Waals surface area contributed by atoms with E-state index in [-0.39, 0.29) is 22.1 Å². The second-order valence-electron chi connectivity index (χ2n) is 6.80. The van der Waals surface area contributed by atoms with Crippen LogP contribution in [-0.4, -0.2) is 31.4 Å². The predicted octanol–water partition coefficient (Wildman–Crippen LogP) is 2.81. The van der Waals surface area contributed by atoms with E-state index in [0.717, 1.165) is 5.56 Å². The van der Waals surface area contributed by atoms with Gasteiger partial charge in [0, 0.05) is 5.56 Å². The Balaban J connectivity index is 2.11. The average molecular weight is 389 g/mol. The third-order valence-corrected chi connectivity index (χ3v) is 5.88. The lowest BCUT2D eigenvalue weighted by molar-refractivity contribution is -0.140. The Kier molecular flexibility index (Phi) is 6.38. The van der Waals surface area contributed by atoms with Crippen molar-refractivity contribution in [3.05, 3.63) is 65.2 Å². The van der Waals surface area contributed by atoms with Gasteiger partial charge in [-0.3, -0.25) is 4.79 Å². The van der Waals surface area contributed by atoms with Crippen LogP contribution in [0.3, 0.4) is 0 Å². The Morgan fingerprint density at radius 3 is 2.04 bits per heavy atom. The largest absolute Gasteiger partial charge is 0.480 e. The number of carboxylic acids is 1. The highest BCUT2D eigenvalue weighted by atomic mass is 32.2. The van der Waals surface area contributed by atoms with Gasteiger partial charge in [-0.2, -0.15) is 0 Å². The molecular weight excluding hydrogens is 366 g/mol. The van der Waals surface area contributed by atoms with Gasteiger partial charge in [0.1, 0.15) is 6.04 Å². The Morgan fingerprint density at radius 2 is 1.56 bits per heavy atom. The zero-order valence-electron chi connectivity index (χ0n) is 15.5. The standard InChI is InChI=1S/C20H23NO5S/c1-13(2)18(20(23)24)21-19(22)16-8-6-15(7-9-16)12-27(25,26)17-10-4-14(3)5-11-17/h4-11,13,18H,12H2,1-3H3,(H,21,22)(H,23,24). The summed E-state index contributed by atoms with van der Waals surface area (Å²) >= 11 is 0. The van der Waals surface area contributed by atoms with Crippen LogP contribution in [0.5, 0.6) is 0 Å². The van der Waals surface area contributed by atoms with Gasteiger partial charge >= 0.3 is 5.97 Å². The summed E-state index contributed by atoms with van der Waals surface area (Å²) in [6.45, 7) is 5.30. The zero-order valence-corrected chi connectivity index (χ0v) is 16.3. The van der Waals surface area contributed by atoms with Crippen LogP contribution in [0.4, 0.5) is 0 Å². The van der Waals surface area contributed by atoms with Crippen LogP contribution in [0.2, 0.25) is 0 Å². The molecule has 1 amide bonds. The maximum atomic E-state index is 12.5. The third-order valence-electron chi connectivity index (χ3n) is 4.17. The van der Waals surface area contributed by atoms with Crippen LogP contribution >= 0.6 is 0 Å². The number of amides is 1. The molecule has 0 spiro atoms. The Morgan fingerprint density at radius 1 is 1.00 bits per heavy atom. The molecule has 0 saturated heterocycles. The van der Waals surface area contributed by atoms with Crippen molar-refractivity contribution in [1.82, 2.24) is 5.32 Å². The molecule has 0 aromatic heterocycles. The SMILES string of the molecule is Cc1ccc(S(=O)(=O)Cc2ccc(C(=O)NC(C(=O)O)C(C)C)cc2)cc1. The fraction of sp³-hybridized carbons (Fsp3) is 0.300. The van der Waals surface area contributed by atoms with Crippen molar-refractivity contribution in [1.29, 1.82) is 0 Å². The lowest BCUT2D eigenvalue weighted by Gasteiger charge is -2.18. The topological polar surface area (TPSA) is 101 Å². The van der Waals surface area contributed by atoms with Gasteiger partial charge in [-0.1, -0.05) is 43.7 Å². The highest BCUT2D eigenvalue weighted by Gasteiger charge is 2.24. The number of benzene rings is 2. The van der Waals surface area contributed by atoms with Crippen molar-refractivity contribution in [3.8, 4) is 0 Å². The number of aliphatic carboxylic acids is 1. The minimum absolute atomic E-state index is 0.179. The van der Waals surface area contributed by atoms with E-state index in [1.807, 2.05) is 6.92 Å². The molecule has 0 aliphatic rings. The van der Waals surface area contributed by atoms with Gasteiger partial charge in [0.2, 0.25) is 0 Å². The van der Waals surface area contributed by atoms with Crippen LogP contribution in [0.15, 0.2) is 53.4 Å². The van der Waals surface area contributed by atoms with E-state index in [1.165, 1.54) is 12.1 Å². The van der Waals surface area contributed by atoms with Crippen molar-refractivity contribution >= 4 is 21.7 Å². The number of sulfone groups is 1. The zero-order chi connectivity index (χ0) is 20.2. The summed E-state index contributed by atoms with van der Waals surface area (Å²) in [5.74, 6) is -2.05. The first-order chi connectivity index (χ1) is 12.6. The first-order valence-corrected chi connectivity index (χ1v) is 10.2. The van der Waals surface area contributed by atoms with E-state index in [9.17, 15) is 18.0 Å². The second kappa shape index (κ2) is 8.35. The van der Waals surface area contributed by atoms with Crippen LogP contribution in [0, 0.1) is 12.8 Å². The molecule has 2 rings (SSSR count). The summed E-state index contributed by atoms with van der Waals surface area (Å²) in [4.78, 5) is 23.7. The van der Waals surface area contributed by atoms with E-state index < -0.39 is 27.8 Å². The number of hydrogen-bond donors (Lipinski definition) is 2. The molecule has 27 heavy (non-hydrogen) atoms. The number of carboxylic acid groups (broad SMARTS) is 1. The predicted molar refractivity (Wildman–Crippen MR) is 102 cm³/mol. The van der Waals surface area contributed by atoms with E-state index in [2.05, 4.69) is 5.32 Å².